The van der Waals surface area contributed by atoms with Crippen LogP contribution < -0.4 is 0 Å². The Labute approximate surface area is 84.5 Å². The van der Waals surface area contributed by atoms with Crippen molar-refractivity contribution >= 4 is 23.6 Å². The maximum Gasteiger partial charge on any atom is 0.176 e. The third-order valence-corrected chi connectivity index (χ3v) is 2.83. The largest absolute Gasteiger partial charge is 0.264 e. The molecule has 5 heteroatoms. The summed E-state index contributed by atoms with van der Waals surface area (Å²) >= 11 is 6.42. The monoisotopic (exact) mass is 209 g/mol. The molecule has 0 unspecified atom stereocenters. The van der Waals surface area contributed by atoms with Crippen LogP contribution in [-0.2, 0) is 0 Å². The highest BCUT2D eigenvalue weighted by Crippen LogP contribution is 2.23. The van der Waals surface area contributed by atoms with Gasteiger partial charge in [0.05, 0.1) is 0 Å². The summed E-state index contributed by atoms with van der Waals surface area (Å²) in [6, 6.07) is 1.96. The zero-order valence-electron chi connectivity index (χ0n) is 6.94. The van der Waals surface area contributed by atoms with E-state index in [1.165, 1.54) is 11.3 Å². The fourth-order valence-electron chi connectivity index (χ4n) is 1.03. The minimum absolute atomic E-state index is 0.693. The molecule has 2 aromatic heterocycles. The summed E-state index contributed by atoms with van der Waals surface area (Å²) in [6.45, 7) is 2.03. The van der Waals surface area contributed by atoms with E-state index >= 15 is 0 Å². The van der Waals surface area contributed by atoms with Gasteiger partial charge >= 0.3 is 0 Å². The zero-order valence-corrected chi connectivity index (χ0v) is 8.58. The van der Waals surface area contributed by atoms with Gasteiger partial charge in [0.15, 0.2) is 3.95 Å². The van der Waals surface area contributed by atoms with Crippen molar-refractivity contribution in [1.29, 1.82) is 0 Å². The highest BCUT2D eigenvalue weighted by atomic mass is 32.1. The number of aromatic amines is 1. The number of pyridine rings is 1. The van der Waals surface area contributed by atoms with E-state index in [0.717, 1.165) is 16.1 Å². The highest BCUT2D eigenvalue weighted by molar-refractivity contribution is 7.73. The molecule has 0 spiro atoms. The molecule has 0 atom stereocenters. The molecule has 1 N–H and O–H groups in total. The first-order chi connectivity index (χ1) is 6.27. The van der Waals surface area contributed by atoms with Crippen LogP contribution >= 0.6 is 23.6 Å². The maximum absolute atomic E-state index is 4.96. The van der Waals surface area contributed by atoms with Gasteiger partial charge in [0.2, 0.25) is 0 Å². The van der Waals surface area contributed by atoms with Gasteiger partial charge in [-0.1, -0.05) is 11.3 Å². The van der Waals surface area contributed by atoms with E-state index in [1.54, 1.807) is 12.4 Å². The molecule has 0 radical (unpaired) electrons. The molecule has 13 heavy (non-hydrogen) atoms. The van der Waals surface area contributed by atoms with Crippen molar-refractivity contribution in [3.63, 3.8) is 0 Å². The number of H-pyrrole nitrogens is 1. The zero-order chi connectivity index (χ0) is 9.26. The summed E-state index contributed by atoms with van der Waals surface area (Å²) in [7, 11) is 0. The normalized spacial score (nSPS) is 10.2. The Morgan fingerprint density at radius 2 is 2.38 bits per heavy atom. The van der Waals surface area contributed by atoms with Gasteiger partial charge in [-0.05, 0) is 30.8 Å². The van der Waals surface area contributed by atoms with Crippen molar-refractivity contribution in [2.75, 3.05) is 0 Å². The molecule has 2 rings (SSSR count). The van der Waals surface area contributed by atoms with Crippen molar-refractivity contribution in [1.82, 2.24) is 15.2 Å². The summed E-state index contributed by atoms with van der Waals surface area (Å²) in [5.41, 5.74) is 2.20. The number of hydrogen-bond donors (Lipinski definition) is 1. The number of aromatic nitrogens is 3. The van der Waals surface area contributed by atoms with Crippen LogP contribution in [0.2, 0.25) is 0 Å². The number of rotatable bonds is 1. The van der Waals surface area contributed by atoms with E-state index < -0.39 is 0 Å². The minimum Gasteiger partial charge on any atom is -0.264 e. The van der Waals surface area contributed by atoms with Crippen molar-refractivity contribution in [2.24, 2.45) is 0 Å². The molecule has 2 aromatic rings. The van der Waals surface area contributed by atoms with Crippen LogP contribution in [0.15, 0.2) is 18.5 Å². The summed E-state index contributed by atoms with van der Waals surface area (Å²) in [5, 5.41) is 7.74. The van der Waals surface area contributed by atoms with Gasteiger partial charge in [-0.3, -0.25) is 10.1 Å². The Morgan fingerprint density at radius 1 is 1.54 bits per heavy atom. The van der Waals surface area contributed by atoms with Crippen molar-refractivity contribution < 1.29 is 0 Å². The van der Waals surface area contributed by atoms with Crippen LogP contribution in [0.5, 0.6) is 0 Å². The molecule has 0 amide bonds. The van der Waals surface area contributed by atoms with Crippen molar-refractivity contribution in [3.05, 3.63) is 28.0 Å². The summed E-state index contributed by atoms with van der Waals surface area (Å²) < 4.78 is 0.693. The Kier molecular flexibility index (Phi) is 2.20. The number of aryl methyl sites for hydroxylation is 1. The highest BCUT2D eigenvalue weighted by Gasteiger charge is 2.04. The lowest BCUT2D eigenvalue weighted by Gasteiger charge is -1.97. The van der Waals surface area contributed by atoms with Crippen LogP contribution in [-0.4, -0.2) is 15.2 Å². The number of nitrogens with one attached hydrogen (secondary N) is 1. The Hall–Kier alpha value is -1.07. The van der Waals surface area contributed by atoms with Crippen molar-refractivity contribution in [3.8, 4) is 10.6 Å². The molecular formula is C8H7N3S2. The topological polar surface area (TPSA) is 41.6 Å². The average Bonchev–Trinajstić information content (AvgIpc) is 2.53. The van der Waals surface area contributed by atoms with Crippen LogP contribution in [0, 0.1) is 10.9 Å². The first-order valence-electron chi connectivity index (χ1n) is 3.74. The van der Waals surface area contributed by atoms with Gasteiger partial charge in [-0.15, -0.1) is 0 Å². The summed E-state index contributed by atoms with van der Waals surface area (Å²) in [5.74, 6) is 0. The second-order valence-electron chi connectivity index (χ2n) is 2.61. The maximum atomic E-state index is 4.96. The Bertz CT molecular complexity index is 472. The van der Waals surface area contributed by atoms with E-state index in [2.05, 4.69) is 15.2 Å². The van der Waals surface area contributed by atoms with Gasteiger partial charge in [0.1, 0.15) is 5.01 Å². The summed E-state index contributed by atoms with van der Waals surface area (Å²) in [6.07, 6.45) is 3.57. The fourth-order valence-corrected chi connectivity index (χ4v) is 2.00. The van der Waals surface area contributed by atoms with E-state index in [0.29, 0.717) is 3.95 Å². The minimum atomic E-state index is 0.693. The lowest BCUT2D eigenvalue weighted by Crippen LogP contribution is -1.83. The van der Waals surface area contributed by atoms with E-state index in [9.17, 15) is 0 Å². The molecular weight excluding hydrogens is 202 g/mol. The first-order valence-corrected chi connectivity index (χ1v) is 4.96. The van der Waals surface area contributed by atoms with Gasteiger partial charge < -0.3 is 0 Å². The van der Waals surface area contributed by atoms with Crippen LogP contribution in [0.1, 0.15) is 5.56 Å². The predicted octanol–water partition coefficient (Wildman–Crippen LogP) is 2.57. The van der Waals surface area contributed by atoms with Crippen LogP contribution in [0.25, 0.3) is 10.6 Å². The fraction of sp³-hybridized carbons (Fsp3) is 0.125. The Morgan fingerprint density at radius 3 is 3.00 bits per heavy atom. The molecule has 0 aromatic carbocycles. The lowest BCUT2D eigenvalue weighted by molar-refractivity contribution is 1.08. The number of nitrogens with zero attached hydrogens (tertiary/aromatic N) is 2. The molecule has 0 aliphatic heterocycles. The van der Waals surface area contributed by atoms with E-state index in [4.69, 9.17) is 12.2 Å². The van der Waals surface area contributed by atoms with Gasteiger partial charge in [0, 0.05) is 18.0 Å². The molecule has 3 nitrogen and oxygen atoms in total. The van der Waals surface area contributed by atoms with Gasteiger partial charge in [-0.25, -0.2) is 0 Å². The van der Waals surface area contributed by atoms with E-state index in [-0.39, 0.29) is 0 Å². The van der Waals surface area contributed by atoms with E-state index in [1.807, 2.05) is 13.0 Å². The lowest BCUT2D eigenvalue weighted by atomic mass is 10.2. The molecule has 2 heterocycles. The third kappa shape index (κ3) is 1.66. The molecule has 0 aliphatic rings. The van der Waals surface area contributed by atoms with Gasteiger partial charge in [0.25, 0.3) is 0 Å². The predicted molar refractivity (Wildman–Crippen MR) is 55.3 cm³/mol. The molecule has 0 fully saturated rings. The molecule has 0 saturated heterocycles. The Balaban J connectivity index is 2.58. The summed E-state index contributed by atoms with van der Waals surface area (Å²) in [4.78, 5) is 4.05. The molecule has 0 aliphatic carbocycles. The average molecular weight is 209 g/mol. The molecule has 66 valence electrons. The second kappa shape index (κ2) is 3.35. The van der Waals surface area contributed by atoms with Gasteiger partial charge in [-0.2, -0.15) is 5.10 Å². The van der Waals surface area contributed by atoms with Crippen molar-refractivity contribution in [2.45, 2.75) is 6.92 Å². The second-order valence-corrected chi connectivity index (χ2v) is 4.27. The molecule has 0 bridgehead atoms. The number of hydrogen-bond acceptors (Lipinski definition) is 4. The third-order valence-electron chi connectivity index (χ3n) is 1.71. The SMILES string of the molecule is Cc1ccncc1-c1n[nH]c(=S)s1. The standard InChI is InChI=1S/C8H7N3S2/c1-5-2-3-9-4-6(5)7-10-11-8(12)13-7/h2-4H,1H3,(H,11,12). The smallest absolute Gasteiger partial charge is 0.176 e. The molecule has 0 saturated carbocycles. The van der Waals surface area contributed by atoms with Crippen LogP contribution in [0.4, 0.5) is 0 Å². The first kappa shape index (κ1) is 8.52. The van der Waals surface area contributed by atoms with Crippen LogP contribution in [0.3, 0.4) is 0 Å². The quantitative estimate of drug-likeness (QED) is 0.734.